The Bertz CT molecular complexity index is 920. The van der Waals surface area contributed by atoms with Crippen molar-refractivity contribution in [3.8, 4) is 0 Å². The molecule has 1 saturated carbocycles. The van der Waals surface area contributed by atoms with E-state index in [4.69, 9.17) is 22.1 Å². The molecule has 1 aliphatic carbocycles. The molecule has 0 unspecified atom stereocenters. The Labute approximate surface area is 153 Å². The molecule has 4 rings (SSSR count). The minimum atomic E-state index is -0.886. The van der Waals surface area contributed by atoms with Crippen LogP contribution in [-0.4, -0.2) is 28.0 Å². The van der Waals surface area contributed by atoms with Crippen molar-refractivity contribution in [1.29, 1.82) is 0 Å². The van der Waals surface area contributed by atoms with Gasteiger partial charge < -0.3 is 15.8 Å². The van der Waals surface area contributed by atoms with Crippen LogP contribution in [0.15, 0.2) is 35.6 Å². The number of hydrogen-bond acceptors (Lipinski definition) is 6. The number of halogens is 2. The Morgan fingerprint density at radius 3 is 2.96 bits per heavy atom. The summed E-state index contributed by atoms with van der Waals surface area (Å²) in [5.74, 6) is -1.08. The molecule has 1 aliphatic heterocycles. The van der Waals surface area contributed by atoms with E-state index in [2.05, 4.69) is 20.3 Å². The van der Waals surface area contributed by atoms with Gasteiger partial charge in [-0.1, -0.05) is 11.6 Å². The number of aliphatic imine (C=N–C) groups is 1. The van der Waals surface area contributed by atoms with Crippen LogP contribution in [0.25, 0.3) is 0 Å². The fourth-order valence-electron chi connectivity index (χ4n) is 3.22. The van der Waals surface area contributed by atoms with Crippen molar-refractivity contribution in [2.75, 3.05) is 5.32 Å². The highest BCUT2D eigenvalue weighted by atomic mass is 35.5. The number of rotatable bonds is 3. The zero-order chi connectivity index (χ0) is 18.5. The fourth-order valence-corrected chi connectivity index (χ4v) is 3.34. The third-order valence-electron chi connectivity index (χ3n) is 4.67. The number of carbonyl (C=O) groups excluding carboxylic acids is 1. The van der Waals surface area contributed by atoms with E-state index in [9.17, 15) is 9.18 Å². The Balaban J connectivity index is 1.64. The normalized spacial score (nSPS) is 26.3. The van der Waals surface area contributed by atoms with Gasteiger partial charge in [0.2, 0.25) is 5.95 Å². The summed E-state index contributed by atoms with van der Waals surface area (Å²) < 4.78 is 19.8. The minimum absolute atomic E-state index is 0.0231. The Morgan fingerprint density at radius 1 is 1.42 bits per heavy atom. The van der Waals surface area contributed by atoms with E-state index in [1.807, 2.05) is 0 Å². The molecule has 0 bridgehead atoms. The number of amidine groups is 1. The summed E-state index contributed by atoms with van der Waals surface area (Å²) >= 11 is 5.77. The number of anilines is 1. The molecule has 3 heterocycles. The SMILES string of the molecule is C[C@]1(c2cc(NC(=O)c3ccc(Cl)cn3)cnc2F)N=C(N)O[C@H]2C[C@H]21. The first-order valence-corrected chi connectivity index (χ1v) is 8.35. The van der Waals surface area contributed by atoms with Crippen molar-refractivity contribution in [2.24, 2.45) is 16.6 Å². The van der Waals surface area contributed by atoms with Crippen molar-refractivity contribution in [3.63, 3.8) is 0 Å². The van der Waals surface area contributed by atoms with Crippen molar-refractivity contribution in [2.45, 2.75) is 25.0 Å². The average Bonchev–Trinajstić information content (AvgIpc) is 3.37. The van der Waals surface area contributed by atoms with Crippen LogP contribution in [0.4, 0.5) is 10.1 Å². The zero-order valence-electron chi connectivity index (χ0n) is 13.7. The van der Waals surface area contributed by atoms with E-state index in [0.29, 0.717) is 10.7 Å². The number of pyridine rings is 2. The molecule has 2 aromatic heterocycles. The molecule has 0 saturated heterocycles. The van der Waals surface area contributed by atoms with Gasteiger partial charge in [0.25, 0.3) is 11.9 Å². The number of hydrogen-bond donors (Lipinski definition) is 2. The Kier molecular flexibility index (Phi) is 3.80. The third-order valence-corrected chi connectivity index (χ3v) is 4.89. The highest BCUT2D eigenvalue weighted by Crippen LogP contribution is 2.53. The smallest absolute Gasteiger partial charge is 0.283 e. The maximum atomic E-state index is 14.4. The fraction of sp³-hybridized carbons (Fsp3) is 0.294. The predicted octanol–water partition coefficient (Wildman–Crippen LogP) is 2.47. The number of nitrogens with zero attached hydrogens (tertiary/aromatic N) is 3. The van der Waals surface area contributed by atoms with Gasteiger partial charge in [0.05, 0.1) is 22.4 Å². The average molecular weight is 376 g/mol. The quantitative estimate of drug-likeness (QED) is 0.802. The van der Waals surface area contributed by atoms with Gasteiger partial charge in [-0.15, -0.1) is 0 Å². The number of ether oxygens (including phenoxy) is 1. The first-order chi connectivity index (χ1) is 12.4. The van der Waals surface area contributed by atoms with Crippen LogP contribution in [0.5, 0.6) is 0 Å². The molecule has 134 valence electrons. The Hall–Kier alpha value is -2.74. The van der Waals surface area contributed by atoms with E-state index in [1.54, 1.807) is 13.0 Å². The molecule has 3 N–H and O–H groups in total. The first kappa shape index (κ1) is 16.7. The first-order valence-electron chi connectivity index (χ1n) is 7.98. The van der Waals surface area contributed by atoms with Crippen molar-refractivity contribution in [1.82, 2.24) is 9.97 Å². The van der Waals surface area contributed by atoms with Crippen LogP contribution in [0, 0.1) is 11.9 Å². The summed E-state index contributed by atoms with van der Waals surface area (Å²) in [5, 5.41) is 3.08. The molecule has 0 aromatic carbocycles. The standard InChI is InChI=1S/C17H15ClFN5O2/c1-17(10-5-13(10)26-16(20)24-17)11-4-9(7-22-14(11)19)23-15(25)12-3-2-8(18)6-21-12/h2-4,6-7,10,13H,5H2,1H3,(H2,20,24)(H,23,25)/t10-,13+,17+/m1/s1. The highest BCUT2D eigenvalue weighted by Gasteiger charge is 2.57. The van der Waals surface area contributed by atoms with Gasteiger partial charge in [0.1, 0.15) is 11.8 Å². The summed E-state index contributed by atoms with van der Waals surface area (Å²) in [7, 11) is 0. The van der Waals surface area contributed by atoms with Crippen LogP contribution < -0.4 is 11.1 Å². The molecule has 2 aliphatic rings. The van der Waals surface area contributed by atoms with Gasteiger partial charge in [0, 0.05) is 17.7 Å². The van der Waals surface area contributed by atoms with Gasteiger partial charge >= 0.3 is 0 Å². The van der Waals surface area contributed by atoms with E-state index in [-0.39, 0.29) is 29.3 Å². The molecule has 1 fully saturated rings. The molecule has 2 aromatic rings. The monoisotopic (exact) mass is 375 g/mol. The lowest BCUT2D eigenvalue weighted by molar-refractivity contribution is 0.102. The van der Waals surface area contributed by atoms with Gasteiger partial charge in [-0.05, 0) is 31.5 Å². The van der Waals surface area contributed by atoms with E-state index < -0.39 is 17.4 Å². The van der Waals surface area contributed by atoms with Crippen molar-refractivity contribution >= 4 is 29.2 Å². The molecular weight excluding hydrogens is 361 g/mol. The summed E-state index contributed by atoms with van der Waals surface area (Å²) in [4.78, 5) is 24.3. The van der Waals surface area contributed by atoms with Crippen molar-refractivity contribution < 1.29 is 13.9 Å². The van der Waals surface area contributed by atoms with Gasteiger partial charge in [-0.3, -0.25) is 4.79 Å². The molecular formula is C17H15ClFN5O2. The summed E-state index contributed by atoms with van der Waals surface area (Å²) in [6, 6.07) is 4.61. The third kappa shape index (κ3) is 2.86. The lowest BCUT2D eigenvalue weighted by Crippen LogP contribution is -2.36. The highest BCUT2D eigenvalue weighted by molar-refractivity contribution is 6.30. The second-order valence-electron chi connectivity index (χ2n) is 6.47. The maximum Gasteiger partial charge on any atom is 0.283 e. The van der Waals surface area contributed by atoms with Crippen LogP contribution in [0.2, 0.25) is 5.02 Å². The molecule has 9 heteroatoms. The van der Waals surface area contributed by atoms with Crippen LogP contribution in [-0.2, 0) is 10.3 Å². The molecule has 0 radical (unpaired) electrons. The van der Waals surface area contributed by atoms with Gasteiger partial charge in [0.15, 0.2) is 0 Å². The van der Waals surface area contributed by atoms with Crippen LogP contribution in [0.1, 0.15) is 29.4 Å². The van der Waals surface area contributed by atoms with E-state index >= 15 is 0 Å². The van der Waals surface area contributed by atoms with Crippen LogP contribution >= 0.6 is 11.6 Å². The molecule has 7 nitrogen and oxygen atoms in total. The number of nitrogens with one attached hydrogen (secondary N) is 1. The number of amides is 1. The predicted molar refractivity (Wildman–Crippen MR) is 93.3 cm³/mol. The lowest BCUT2D eigenvalue weighted by Gasteiger charge is -2.30. The molecule has 1 amide bonds. The number of nitrogens with two attached hydrogens (primary N) is 1. The molecule has 26 heavy (non-hydrogen) atoms. The van der Waals surface area contributed by atoms with Crippen LogP contribution in [0.3, 0.4) is 0 Å². The Morgan fingerprint density at radius 2 is 2.23 bits per heavy atom. The minimum Gasteiger partial charge on any atom is -0.462 e. The molecule has 3 atom stereocenters. The largest absolute Gasteiger partial charge is 0.462 e. The van der Waals surface area contributed by atoms with Crippen molar-refractivity contribution in [3.05, 3.63) is 52.8 Å². The summed E-state index contributed by atoms with van der Waals surface area (Å²) in [5.41, 5.74) is 5.61. The topological polar surface area (TPSA) is 102 Å². The second-order valence-corrected chi connectivity index (χ2v) is 6.91. The number of carbonyl (C=O) groups is 1. The van der Waals surface area contributed by atoms with E-state index in [0.717, 1.165) is 6.42 Å². The summed E-state index contributed by atoms with van der Waals surface area (Å²) in [6.07, 6.45) is 3.30. The lowest BCUT2D eigenvalue weighted by atomic mass is 9.87. The number of fused-ring (bicyclic) bond motifs is 1. The second kappa shape index (κ2) is 5.91. The molecule has 0 spiro atoms. The van der Waals surface area contributed by atoms with Gasteiger partial charge in [-0.25, -0.2) is 15.0 Å². The zero-order valence-corrected chi connectivity index (χ0v) is 14.5. The number of aromatic nitrogens is 2. The summed E-state index contributed by atoms with van der Waals surface area (Å²) in [6.45, 7) is 1.79. The van der Waals surface area contributed by atoms with Gasteiger partial charge in [-0.2, -0.15) is 4.39 Å². The van der Waals surface area contributed by atoms with E-state index in [1.165, 1.54) is 24.5 Å². The maximum absolute atomic E-state index is 14.4.